The van der Waals surface area contributed by atoms with Gasteiger partial charge in [-0.05, 0) is 56.2 Å². The highest BCUT2D eigenvalue weighted by molar-refractivity contribution is 5.96. The average molecular weight is 354 g/mol. The summed E-state index contributed by atoms with van der Waals surface area (Å²) in [6, 6.07) is 10.3. The van der Waals surface area contributed by atoms with Crippen LogP contribution in [0, 0.1) is 19.7 Å². The molecule has 3 rings (SSSR count). The van der Waals surface area contributed by atoms with E-state index >= 15 is 0 Å². The van der Waals surface area contributed by atoms with Crippen LogP contribution in [0.5, 0.6) is 0 Å². The highest BCUT2D eigenvalue weighted by atomic mass is 19.1. The number of halogens is 1. The van der Waals surface area contributed by atoms with Crippen molar-refractivity contribution < 1.29 is 14.0 Å². The summed E-state index contributed by atoms with van der Waals surface area (Å²) in [5.41, 5.74) is 3.69. The van der Waals surface area contributed by atoms with Crippen molar-refractivity contribution in [3.63, 3.8) is 0 Å². The number of aryl methyl sites for hydroxylation is 1. The van der Waals surface area contributed by atoms with Gasteiger partial charge in [-0.15, -0.1) is 0 Å². The minimum Gasteiger partial charge on any atom is -0.366 e. The maximum Gasteiger partial charge on any atom is 0.254 e. The predicted octanol–water partition coefficient (Wildman–Crippen LogP) is 3.61. The molecule has 2 aromatic carbocycles. The number of piperazine rings is 1. The molecule has 1 aliphatic heterocycles. The monoisotopic (exact) mass is 354 g/mol. The van der Waals surface area contributed by atoms with Crippen molar-refractivity contribution >= 4 is 17.4 Å². The molecule has 1 saturated heterocycles. The fourth-order valence-electron chi connectivity index (χ4n) is 3.29. The lowest BCUT2D eigenvalue weighted by molar-refractivity contribution is 0.0745. The highest BCUT2D eigenvalue weighted by Crippen LogP contribution is 2.23. The Morgan fingerprint density at radius 3 is 2.31 bits per heavy atom. The number of amides is 1. The van der Waals surface area contributed by atoms with Gasteiger partial charge in [0.2, 0.25) is 0 Å². The molecule has 5 heteroatoms. The summed E-state index contributed by atoms with van der Waals surface area (Å²) >= 11 is 0. The number of rotatable bonds is 3. The summed E-state index contributed by atoms with van der Waals surface area (Å²) in [5.74, 6) is -0.523. The molecule has 2 aromatic rings. The third-order valence-corrected chi connectivity index (χ3v) is 5.10. The van der Waals surface area contributed by atoms with Crippen LogP contribution in [0.2, 0.25) is 0 Å². The Hall–Kier alpha value is -2.69. The molecular formula is C21H23FN2O2. The first kappa shape index (κ1) is 18.1. The molecule has 0 atom stereocenters. The number of hydrogen-bond acceptors (Lipinski definition) is 3. The maximum absolute atomic E-state index is 14.3. The number of nitrogens with zero attached hydrogens (tertiary/aromatic N) is 2. The molecule has 1 aliphatic rings. The van der Waals surface area contributed by atoms with Crippen LogP contribution in [0.25, 0.3) is 0 Å². The molecule has 26 heavy (non-hydrogen) atoms. The van der Waals surface area contributed by atoms with Crippen LogP contribution in [-0.4, -0.2) is 42.8 Å². The van der Waals surface area contributed by atoms with Gasteiger partial charge in [0.25, 0.3) is 5.91 Å². The minimum absolute atomic E-state index is 0.0262. The second-order valence-corrected chi connectivity index (χ2v) is 6.75. The number of carbonyl (C=O) groups is 2. The molecule has 1 heterocycles. The standard InChI is InChI=1S/C21H23FN2O2/c1-14-5-4-6-18(15(14)2)21(26)24-11-9-23(10-12-24)20-8-7-17(16(3)25)13-19(20)22/h4-8,13H,9-12H2,1-3H3. The molecule has 1 amide bonds. The van der Waals surface area contributed by atoms with Crippen molar-refractivity contribution in [3.05, 3.63) is 64.5 Å². The zero-order valence-corrected chi connectivity index (χ0v) is 15.4. The third kappa shape index (κ3) is 3.47. The lowest BCUT2D eigenvalue weighted by Gasteiger charge is -2.36. The quantitative estimate of drug-likeness (QED) is 0.791. The van der Waals surface area contributed by atoms with Gasteiger partial charge < -0.3 is 9.80 Å². The van der Waals surface area contributed by atoms with E-state index in [1.807, 2.05) is 41.8 Å². The molecule has 0 N–H and O–H groups in total. The van der Waals surface area contributed by atoms with E-state index in [4.69, 9.17) is 0 Å². The van der Waals surface area contributed by atoms with E-state index in [-0.39, 0.29) is 11.7 Å². The van der Waals surface area contributed by atoms with Crippen LogP contribution in [0.15, 0.2) is 36.4 Å². The van der Waals surface area contributed by atoms with Gasteiger partial charge in [-0.3, -0.25) is 9.59 Å². The smallest absolute Gasteiger partial charge is 0.254 e. The van der Waals surface area contributed by atoms with Gasteiger partial charge in [-0.1, -0.05) is 12.1 Å². The van der Waals surface area contributed by atoms with E-state index < -0.39 is 5.82 Å². The Morgan fingerprint density at radius 2 is 1.69 bits per heavy atom. The van der Waals surface area contributed by atoms with Crippen molar-refractivity contribution in [1.29, 1.82) is 0 Å². The topological polar surface area (TPSA) is 40.6 Å². The predicted molar refractivity (Wildman–Crippen MR) is 100 cm³/mol. The molecule has 0 spiro atoms. The summed E-state index contributed by atoms with van der Waals surface area (Å²) in [4.78, 5) is 27.9. The van der Waals surface area contributed by atoms with Crippen molar-refractivity contribution in [1.82, 2.24) is 4.90 Å². The molecule has 0 unspecified atom stereocenters. The first-order valence-electron chi connectivity index (χ1n) is 8.79. The van der Waals surface area contributed by atoms with Gasteiger partial charge in [0.05, 0.1) is 5.69 Å². The van der Waals surface area contributed by atoms with Crippen molar-refractivity contribution in [2.45, 2.75) is 20.8 Å². The largest absolute Gasteiger partial charge is 0.366 e. The summed E-state index contributed by atoms with van der Waals surface area (Å²) < 4.78 is 14.3. The Balaban J connectivity index is 1.70. The minimum atomic E-state index is -0.396. The molecule has 1 fully saturated rings. The Morgan fingerprint density at radius 1 is 1.00 bits per heavy atom. The Labute approximate surface area is 153 Å². The van der Waals surface area contributed by atoms with Crippen molar-refractivity contribution in [2.75, 3.05) is 31.1 Å². The van der Waals surface area contributed by atoms with Crippen LogP contribution in [0.3, 0.4) is 0 Å². The number of hydrogen-bond donors (Lipinski definition) is 0. The molecule has 136 valence electrons. The van der Waals surface area contributed by atoms with Gasteiger partial charge in [-0.25, -0.2) is 4.39 Å². The fourth-order valence-corrected chi connectivity index (χ4v) is 3.29. The van der Waals surface area contributed by atoms with Crippen LogP contribution in [-0.2, 0) is 0 Å². The molecule has 0 aliphatic carbocycles. The maximum atomic E-state index is 14.3. The van der Waals surface area contributed by atoms with Crippen LogP contribution in [0.1, 0.15) is 38.8 Å². The zero-order chi connectivity index (χ0) is 18.8. The summed E-state index contributed by atoms with van der Waals surface area (Å²) in [5, 5.41) is 0. The molecule has 0 radical (unpaired) electrons. The van der Waals surface area contributed by atoms with Crippen LogP contribution >= 0.6 is 0 Å². The van der Waals surface area contributed by atoms with Crippen LogP contribution < -0.4 is 4.90 Å². The number of ketones is 1. The summed E-state index contributed by atoms with van der Waals surface area (Å²) in [6.07, 6.45) is 0. The Kier molecular flexibility index (Phi) is 5.07. The lowest BCUT2D eigenvalue weighted by atomic mass is 10.0. The van der Waals surface area contributed by atoms with Gasteiger partial charge in [0.1, 0.15) is 5.82 Å². The van der Waals surface area contributed by atoms with Gasteiger partial charge in [-0.2, -0.15) is 0 Å². The van der Waals surface area contributed by atoms with E-state index in [9.17, 15) is 14.0 Å². The van der Waals surface area contributed by atoms with E-state index in [2.05, 4.69) is 0 Å². The van der Waals surface area contributed by atoms with Crippen molar-refractivity contribution in [2.24, 2.45) is 0 Å². The van der Waals surface area contributed by atoms with E-state index in [0.717, 1.165) is 16.7 Å². The SMILES string of the molecule is CC(=O)c1ccc(N2CCN(C(=O)c3cccc(C)c3C)CC2)c(F)c1. The fraction of sp³-hybridized carbons (Fsp3) is 0.333. The summed E-state index contributed by atoms with van der Waals surface area (Å²) in [7, 11) is 0. The molecule has 0 bridgehead atoms. The second kappa shape index (κ2) is 7.28. The molecule has 0 saturated carbocycles. The number of carbonyl (C=O) groups excluding carboxylic acids is 2. The number of anilines is 1. The second-order valence-electron chi connectivity index (χ2n) is 6.75. The molecule has 0 aromatic heterocycles. The normalized spacial score (nSPS) is 14.5. The Bertz CT molecular complexity index is 855. The van der Waals surface area contributed by atoms with Gasteiger partial charge in [0.15, 0.2) is 5.78 Å². The average Bonchev–Trinajstić information content (AvgIpc) is 2.63. The number of benzene rings is 2. The zero-order valence-electron chi connectivity index (χ0n) is 15.4. The van der Waals surface area contributed by atoms with E-state index in [0.29, 0.717) is 37.4 Å². The van der Waals surface area contributed by atoms with Crippen molar-refractivity contribution in [3.8, 4) is 0 Å². The molecule has 4 nitrogen and oxygen atoms in total. The molecular weight excluding hydrogens is 331 g/mol. The van der Waals surface area contributed by atoms with Crippen LogP contribution in [0.4, 0.5) is 10.1 Å². The van der Waals surface area contributed by atoms with Gasteiger partial charge >= 0.3 is 0 Å². The summed E-state index contributed by atoms with van der Waals surface area (Å²) in [6.45, 7) is 7.59. The number of Topliss-reactive ketones (excluding diaryl/α,β-unsaturated/α-hetero) is 1. The van der Waals surface area contributed by atoms with E-state index in [1.54, 1.807) is 12.1 Å². The van der Waals surface area contributed by atoms with E-state index in [1.165, 1.54) is 13.0 Å². The lowest BCUT2D eigenvalue weighted by Crippen LogP contribution is -2.49. The highest BCUT2D eigenvalue weighted by Gasteiger charge is 2.25. The first-order valence-corrected chi connectivity index (χ1v) is 8.79. The third-order valence-electron chi connectivity index (χ3n) is 5.10. The van der Waals surface area contributed by atoms with Gasteiger partial charge in [0, 0.05) is 37.3 Å². The first-order chi connectivity index (χ1) is 12.4.